The van der Waals surface area contributed by atoms with Crippen molar-refractivity contribution in [3.8, 4) is 5.75 Å². The van der Waals surface area contributed by atoms with Crippen LogP contribution in [0.25, 0.3) is 10.8 Å². The Hall–Kier alpha value is -2.81. The molecule has 1 atom stereocenters. The number of anilines is 1. The van der Waals surface area contributed by atoms with E-state index in [0.29, 0.717) is 6.42 Å². The van der Waals surface area contributed by atoms with E-state index in [4.69, 9.17) is 4.74 Å². The average Bonchev–Trinajstić information content (AvgIpc) is 2.60. The second-order valence-corrected chi connectivity index (χ2v) is 5.83. The van der Waals surface area contributed by atoms with Crippen LogP contribution >= 0.6 is 0 Å². The SMILES string of the molecule is COc1ccc([C@@H]2CC(=O)Nc3ccc4ccccc4c32)cc1. The van der Waals surface area contributed by atoms with E-state index in [1.807, 2.05) is 42.5 Å². The van der Waals surface area contributed by atoms with Gasteiger partial charge in [0.05, 0.1) is 7.11 Å². The summed E-state index contributed by atoms with van der Waals surface area (Å²) in [4.78, 5) is 12.1. The lowest BCUT2D eigenvalue weighted by atomic mass is 9.82. The number of hydrogen-bond donors (Lipinski definition) is 1. The molecule has 3 heteroatoms. The minimum absolute atomic E-state index is 0.0635. The van der Waals surface area contributed by atoms with Gasteiger partial charge in [0.15, 0.2) is 0 Å². The predicted octanol–water partition coefficient (Wildman–Crippen LogP) is 4.32. The number of ether oxygens (including phenoxy) is 1. The summed E-state index contributed by atoms with van der Waals surface area (Å²) in [6.07, 6.45) is 0.466. The molecule has 3 aromatic carbocycles. The van der Waals surface area contributed by atoms with Gasteiger partial charge in [0.1, 0.15) is 5.75 Å². The molecule has 0 spiro atoms. The molecule has 1 N–H and O–H groups in total. The Balaban J connectivity index is 1.91. The van der Waals surface area contributed by atoms with E-state index < -0.39 is 0 Å². The van der Waals surface area contributed by atoms with Gasteiger partial charge in [-0.15, -0.1) is 0 Å². The van der Waals surface area contributed by atoms with E-state index in [9.17, 15) is 4.79 Å². The maximum Gasteiger partial charge on any atom is 0.225 e. The molecule has 23 heavy (non-hydrogen) atoms. The molecule has 1 heterocycles. The summed E-state index contributed by atoms with van der Waals surface area (Å²) in [5.41, 5.74) is 3.26. The van der Waals surface area contributed by atoms with Crippen molar-refractivity contribution >= 4 is 22.4 Å². The maximum absolute atomic E-state index is 12.1. The molecule has 1 aliphatic rings. The highest BCUT2D eigenvalue weighted by molar-refractivity contribution is 6.01. The van der Waals surface area contributed by atoms with Crippen molar-refractivity contribution in [2.75, 3.05) is 12.4 Å². The molecule has 0 radical (unpaired) electrons. The van der Waals surface area contributed by atoms with Crippen LogP contribution in [0.15, 0.2) is 60.7 Å². The van der Waals surface area contributed by atoms with Crippen LogP contribution in [0, 0.1) is 0 Å². The van der Waals surface area contributed by atoms with Crippen molar-refractivity contribution in [3.63, 3.8) is 0 Å². The third-order valence-electron chi connectivity index (χ3n) is 4.50. The quantitative estimate of drug-likeness (QED) is 0.765. The molecule has 0 fully saturated rings. The van der Waals surface area contributed by atoms with Crippen LogP contribution in [0.2, 0.25) is 0 Å². The van der Waals surface area contributed by atoms with Crippen molar-refractivity contribution in [1.29, 1.82) is 0 Å². The third kappa shape index (κ3) is 2.34. The van der Waals surface area contributed by atoms with E-state index in [0.717, 1.165) is 17.0 Å². The number of nitrogens with one attached hydrogen (secondary N) is 1. The van der Waals surface area contributed by atoms with Crippen molar-refractivity contribution < 1.29 is 9.53 Å². The van der Waals surface area contributed by atoms with E-state index in [-0.39, 0.29) is 11.8 Å². The fraction of sp³-hybridized carbons (Fsp3) is 0.150. The number of fused-ring (bicyclic) bond motifs is 3. The fourth-order valence-corrected chi connectivity index (χ4v) is 3.39. The number of carbonyl (C=O) groups excluding carboxylic acids is 1. The first-order chi connectivity index (χ1) is 11.3. The van der Waals surface area contributed by atoms with Gasteiger partial charge in [-0.25, -0.2) is 0 Å². The van der Waals surface area contributed by atoms with Crippen LogP contribution in [0.4, 0.5) is 5.69 Å². The van der Waals surface area contributed by atoms with Crippen LogP contribution in [0.5, 0.6) is 5.75 Å². The van der Waals surface area contributed by atoms with Crippen LogP contribution in [0.1, 0.15) is 23.5 Å². The highest BCUT2D eigenvalue weighted by Gasteiger charge is 2.28. The fourth-order valence-electron chi connectivity index (χ4n) is 3.39. The Labute approximate surface area is 134 Å². The smallest absolute Gasteiger partial charge is 0.225 e. The maximum atomic E-state index is 12.1. The molecule has 4 rings (SSSR count). The summed E-state index contributed by atoms with van der Waals surface area (Å²) in [7, 11) is 1.66. The Morgan fingerprint density at radius 3 is 2.57 bits per heavy atom. The lowest BCUT2D eigenvalue weighted by Gasteiger charge is -2.27. The van der Waals surface area contributed by atoms with E-state index in [1.165, 1.54) is 16.3 Å². The largest absolute Gasteiger partial charge is 0.497 e. The second-order valence-electron chi connectivity index (χ2n) is 5.83. The standard InChI is InChI=1S/C20H17NO2/c1-23-15-9-6-14(7-10-15)17-12-19(22)21-18-11-8-13-4-2-3-5-16(13)20(17)18/h2-11,17H,12H2,1H3,(H,21,22)/t17-/m0/s1. The Morgan fingerprint density at radius 2 is 1.78 bits per heavy atom. The number of hydrogen-bond acceptors (Lipinski definition) is 2. The highest BCUT2D eigenvalue weighted by Crippen LogP contribution is 2.41. The van der Waals surface area contributed by atoms with Crippen molar-refractivity contribution in [3.05, 3.63) is 71.8 Å². The van der Waals surface area contributed by atoms with Crippen LogP contribution < -0.4 is 10.1 Å². The first kappa shape index (κ1) is 13.8. The Morgan fingerprint density at radius 1 is 1.00 bits per heavy atom. The molecule has 0 unspecified atom stereocenters. The summed E-state index contributed by atoms with van der Waals surface area (Å²) in [6, 6.07) is 20.4. The first-order valence-electron chi connectivity index (χ1n) is 7.72. The minimum Gasteiger partial charge on any atom is -0.497 e. The van der Waals surface area contributed by atoms with Gasteiger partial charge in [0, 0.05) is 18.0 Å². The normalized spacial score (nSPS) is 16.7. The Bertz CT molecular complexity index is 884. The van der Waals surface area contributed by atoms with Gasteiger partial charge in [-0.05, 0) is 40.1 Å². The molecule has 0 aliphatic carbocycles. The lowest BCUT2D eigenvalue weighted by molar-refractivity contribution is -0.116. The first-order valence-corrected chi connectivity index (χ1v) is 7.72. The zero-order valence-electron chi connectivity index (χ0n) is 12.9. The van der Waals surface area contributed by atoms with Crippen molar-refractivity contribution in [2.24, 2.45) is 0 Å². The number of amides is 1. The van der Waals surface area contributed by atoms with E-state index in [1.54, 1.807) is 7.11 Å². The van der Waals surface area contributed by atoms with Crippen molar-refractivity contribution in [1.82, 2.24) is 0 Å². The summed E-state index contributed by atoms with van der Waals surface area (Å²) in [5, 5.41) is 5.41. The van der Waals surface area contributed by atoms with E-state index in [2.05, 4.69) is 23.5 Å². The lowest BCUT2D eigenvalue weighted by Crippen LogP contribution is -2.23. The van der Waals surface area contributed by atoms with Gasteiger partial charge in [-0.2, -0.15) is 0 Å². The summed E-state index contributed by atoms with van der Waals surface area (Å²) >= 11 is 0. The average molecular weight is 303 g/mol. The summed E-state index contributed by atoms with van der Waals surface area (Å²) < 4.78 is 5.24. The molecule has 3 nitrogen and oxygen atoms in total. The Kier molecular flexibility index (Phi) is 3.27. The molecule has 0 bridgehead atoms. The van der Waals surface area contributed by atoms with Crippen LogP contribution in [-0.4, -0.2) is 13.0 Å². The molecular formula is C20H17NO2. The number of carbonyl (C=O) groups is 1. The molecular weight excluding hydrogens is 286 g/mol. The highest BCUT2D eigenvalue weighted by atomic mass is 16.5. The van der Waals surface area contributed by atoms with Gasteiger partial charge >= 0.3 is 0 Å². The van der Waals surface area contributed by atoms with Gasteiger partial charge in [-0.3, -0.25) is 4.79 Å². The van der Waals surface area contributed by atoms with Gasteiger partial charge < -0.3 is 10.1 Å². The molecule has 114 valence electrons. The van der Waals surface area contributed by atoms with E-state index >= 15 is 0 Å². The zero-order chi connectivity index (χ0) is 15.8. The van der Waals surface area contributed by atoms with Crippen LogP contribution in [-0.2, 0) is 4.79 Å². The second kappa shape index (κ2) is 5.43. The molecule has 0 aromatic heterocycles. The third-order valence-corrected chi connectivity index (χ3v) is 4.50. The predicted molar refractivity (Wildman–Crippen MR) is 92.0 cm³/mol. The molecule has 0 saturated heterocycles. The van der Waals surface area contributed by atoms with Gasteiger partial charge in [-0.1, -0.05) is 42.5 Å². The number of benzene rings is 3. The number of rotatable bonds is 2. The molecule has 1 aliphatic heterocycles. The summed E-state index contributed by atoms with van der Waals surface area (Å²) in [6.45, 7) is 0. The topological polar surface area (TPSA) is 38.3 Å². The minimum atomic E-state index is 0.0635. The van der Waals surface area contributed by atoms with Crippen LogP contribution in [0.3, 0.4) is 0 Å². The monoisotopic (exact) mass is 303 g/mol. The zero-order valence-corrected chi connectivity index (χ0v) is 12.9. The molecule has 1 amide bonds. The summed E-state index contributed by atoms with van der Waals surface area (Å²) in [5.74, 6) is 0.955. The number of methoxy groups -OCH3 is 1. The van der Waals surface area contributed by atoms with Gasteiger partial charge in [0.2, 0.25) is 5.91 Å². The molecule has 3 aromatic rings. The van der Waals surface area contributed by atoms with Crippen molar-refractivity contribution in [2.45, 2.75) is 12.3 Å². The van der Waals surface area contributed by atoms with Gasteiger partial charge in [0.25, 0.3) is 0 Å². The molecule has 0 saturated carbocycles.